The van der Waals surface area contributed by atoms with Gasteiger partial charge in [-0.1, -0.05) is 0 Å². The molecule has 0 radical (unpaired) electrons. The molecule has 102 valence electrons. The molecule has 4 nitrogen and oxygen atoms in total. The monoisotopic (exact) mass is 271 g/mol. The molecular weight excluding hydrogens is 259 g/mol. The molecule has 2 fully saturated rings. The Balaban J connectivity index is 1.57. The molecule has 19 heavy (non-hydrogen) atoms. The average molecular weight is 271 g/mol. The molecule has 0 aromatic carbocycles. The number of rotatable bonds is 3. The molecule has 2 unspecified atom stereocenters. The molecule has 1 aliphatic heterocycles. The van der Waals surface area contributed by atoms with E-state index in [2.05, 4.69) is 10.4 Å². The van der Waals surface area contributed by atoms with Crippen LogP contribution in [-0.4, -0.2) is 22.4 Å². The van der Waals surface area contributed by atoms with Gasteiger partial charge in [0.05, 0.1) is 17.8 Å². The Bertz CT molecular complexity index is 500. The first-order valence-electron chi connectivity index (χ1n) is 6.02. The van der Waals surface area contributed by atoms with Crippen molar-refractivity contribution < 1.29 is 18.0 Å². The van der Waals surface area contributed by atoms with Gasteiger partial charge < -0.3 is 0 Å². The van der Waals surface area contributed by atoms with Crippen LogP contribution in [0.5, 0.6) is 0 Å². The van der Waals surface area contributed by atoms with Crippen molar-refractivity contribution in [2.75, 3.05) is 6.54 Å². The molecule has 1 saturated carbocycles. The summed E-state index contributed by atoms with van der Waals surface area (Å²) in [6, 6.07) is 2.31. The van der Waals surface area contributed by atoms with E-state index in [1.807, 2.05) is 0 Å². The van der Waals surface area contributed by atoms with Gasteiger partial charge in [0.2, 0.25) is 5.91 Å². The van der Waals surface area contributed by atoms with Crippen LogP contribution in [-0.2, 0) is 17.5 Å². The number of nitrogens with one attached hydrogen (secondary N) is 1. The average Bonchev–Trinajstić information content (AvgIpc) is 3.06. The molecule has 2 atom stereocenters. The van der Waals surface area contributed by atoms with E-state index in [1.165, 1.54) is 11.1 Å². The maximum Gasteiger partial charge on any atom is 0.417 e. The molecule has 1 aliphatic carbocycles. The number of piperidine rings is 1. The zero-order valence-electron chi connectivity index (χ0n) is 9.94. The van der Waals surface area contributed by atoms with Crippen LogP contribution in [0.1, 0.15) is 17.7 Å². The van der Waals surface area contributed by atoms with E-state index in [0.29, 0.717) is 18.2 Å². The Hall–Kier alpha value is -1.63. The largest absolute Gasteiger partial charge is 0.417 e. The summed E-state index contributed by atoms with van der Waals surface area (Å²) in [5.74, 6) is 0.700. The number of hydrogen-bond acceptors (Lipinski definition) is 3. The van der Waals surface area contributed by atoms with Crippen molar-refractivity contribution in [3.05, 3.63) is 29.6 Å². The van der Waals surface area contributed by atoms with E-state index in [9.17, 15) is 18.0 Å². The van der Waals surface area contributed by atoms with Gasteiger partial charge in [0.1, 0.15) is 0 Å². The van der Waals surface area contributed by atoms with Crippen molar-refractivity contribution in [2.45, 2.75) is 19.1 Å². The highest BCUT2D eigenvalue weighted by Crippen LogP contribution is 2.45. The standard InChI is InChI=1S/C12H12F3N3O/c13-12(14,15)8-1-2-9(16-4-8)5-17-18-6-7-3-10(7)11(18)19/h1-2,4,7,10,17H,3,5-6H2. The van der Waals surface area contributed by atoms with Crippen molar-refractivity contribution in [3.63, 3.8) is 0 Å². The van der Waals surface area contributed by atoms with Gasteiger partial charge in [-0.3, -0.25) is 14.8 Å². The summed E-state index contributed by atoms with van der Waals surface area (Å²) in [5, 5.41) is 1.54. The summed E-state index contributed by atoms with van der Waals surface area (Å²) >= 11 is 0. The fourth-order valence-corrected chi connectivity index (χ4v) is 2.29. The lowest BCUT2D eigenvalue weighted by Crippen LogP contribution is -2.40. The number of amides is 1. The third-order valence-corrected chi connectivity index (χ3v) is 3.53. The topological polar surface area (TPSA) is 45.2 Å². The Labute approximate surface area is 107 Å². The van der Waals surface area contributed by atoms with E-state index in [0.717, 1.165) is 18.7 Å². The zero-order chi connectivity index (χ0) is 13.6. The quantitative estimate of drug-likeness (QED) is 0.908. The minimum absolute atomic E-state index is 0.0805. The van der Waals surface area contributed by atoms with Crippen molar-refractivity contribution in [2.24, 2.45) is 11.8 Å². The van der Waals surface area contributed by atoms with Crippen molar-refractivity contribution >= 4 is 5.91 Å². The molecule has 7 heteroatoms. The van der Waals surface area contributed by atoms with Gasteiger partial charge in [-0.2, -0.15) is 13.2 Å². The number of hydrogen-bond donors (Lipinski definition) is 1. The molecule has 1 saturated heterocycles. The zero-order valence-corrected chi connectivity index (χ0v) is 9.94. The normalized spacial score (nSPS) is 25.6. The summed E-state index contributed by atoms with van der Waals surface area (Å²) < 4.78 is 37.0. The first-order valence-corrected chi connectivity index (χ1v) is 6.02. The number of alkyl halides is 3. The van der Waals surface area contributed by atoms with Crippen molar-refractivity contribution in [1.82, 2.24) is 15.4 Å². The van der Waals surface area contributed by atoms with Crippen LogP contribution >= 0.6 is 0 Å². The number of halogens is 3. The smallest absolute Gasteiger partial charge is 0.277 e. The van der Waals surface area contributed by atoms with Gasteiger partial charge in [-0.05, 0) is 24.5 Å². The third-order valence-electron chi connectivity index (χ3n) is 3.53. The maximum atomic E-state index is 12.3. The second-order valence-corrected chi connectivity index (χ2v) is 4.92. The minimum Gasteiger partial charge on any atom is -0.277 e. The number of carbonyl (C=O) groups is 1. The van der Waals surface area contributed by atoms with Gasteiger partial charge in [-0.15, -0.1) is 0 Å². The summed E-state index contributed by atoms with van der Waals surface area (Å²) in [5.41, 5.74) is 2.61. The number of aromatic nitrogens is 1. The van der Waals surface area contributed by atoms with Crippen LogP contribution in [0.3, 0.4) is 0 Å². The van der Waals surface area contributed by atoms with Crippen LogP contribution in [0.2, 0.25) is 0 Å². The Morgan fingerprint density at radius 1 is 1.42 bits per heavy atom. The van der Waals surface area contributed by atoms with Crippen molar-refractivity contribution in [3.8, 4) is 0 Å². The van der Waals surface area contributed by atoms with E-state index in [1.54, 1.807) is 0 Å². The SMILES string of the molecule is O=C1C2CC2CN1NCc1ccc(C(F)(F)F)cn1. The highest BCUT2D eigenvalue weighted by Gasteiger charge is 2.52. The second-order valence-electron chi connectivity index (χ2n) is 4.92. The number of hydrazine groups is 1. The molecule has 1 N–H and O–H groups in total. The maximum absolute atomic E-state index is 12.3. The molecule has 1 aromatic rings. The molecule has 0 spiro atoms. The predicted molar refractivity (Wildman–Crippen MR) is 59.4 cm³/mol. The number of nitrogens with zero attached hydrogens (tertiary/aromatic N) is 2. The highest BCUT2D eigenvalue weighted by atomic mass is 19.4. The fraction of sp³-hybridized carbons (Fsp3) is 0.500. The molecule has 2 aliphatic rings. The van der Waals surface area contributed by atoms with E-state index in [4.69, 9.17) is 0 Å². The van der Waals surface area contributed by atoms with Crippen LogP contribution in [0.15, 0.2) is 18.3 Å². The van der Waals surface area contributed by atoms with Crippen LogP contribution in [0, 0.1) is 11.8 Å². The first kappa shape index (κ1) is 12.4. The van der Waals surface area contributed by atoms with Gasteiger partial charge in [0.25, 0.3) is 0 Å². The lowest BCUT2D eigenvalue weighted by molar-refractivity contribution is -0.137. The van der Waals surface area contributed by atoms with E-state index < -0.39 is 11.7 Å². The summed E-state index contributed by atoms with van der Waals surface area (Å²) in [6.07, 6.45) is -2.60. The van der Waals surface area contributed by atoms with Crippen LogP contribution in [0.4, 0.5) is 13.2 Å². The van der Waals surface area contributed by atoms with Gasteiger partial charge in [-0.25, -0.2) is 5.43 Å². The van der Waals surface area contributed by atoms with E-state index >= 15 is 0 Å². The predicted octanol–water partition coefficient (Wildman–Crippen LogP) is 1.58. The minimum atomic E-state index is -4.37. The number of fused-ring (bicyclic) bond motifs is 1. The Morgan fingerprint density at radius 3 is 2.74 bits per heavy atom. The van der Waals surface area contributed by atoms with Crippen LogP contribution < -0.4 is 5.43 Å². The molecular formula is C12H12F3N3O. The van der Waals surface area contributed by atoms with E-state index in [-0.39, 0.29) is 18.4 Å². The second kappa shape index (κ2) is 4.19. The lowest BCUT2D eigenvalue weighted by Gasteiger charge is -2.19. The van der Waals surface area contributed by atoms with Gasteiger partial charge >= 0.3 is 6.18 Å². The summed E-state index contributed by atoms with van der Waals surface area (Å²) in [6.45, 7) is 0.938. The lowest BCUT2D eigenvalue weighted by atomic mass is 10.2. The molecule has 0 bridgehead atoms. The van der Waals surface area contributed by atoms with Crippen molar-refractivity contribution in [1.29, 1.82) is 0 Å². The highest BCUT2D eigenvalue weighted by molar-refractivity contribution is 5.84. The number of pyridine rings is 1. The Morgan fingerprint density at radius 2 is 2.21 bits per heavy atom. The Kier molecular flexibility index (Phi) is 2.74. The first-order chi connectivity index (χ1) is 8.95. The fourth-order valence-electron chi connectivity index (χ4n) is 2.29. The summed E-state index contributed by atoms with van der Waals surface area (Å²) in [4.78, 5) is 15.4. The summed E-state index contributed by atoms with van der Waals surface area (Å²) in [7, 11) is 0. The number of carbonyl (C=O) groups excluding carboxylic acids is 1. The molecule has 2 heterocycles. The van der Waals surface area contributed by atoms with Gasteiger partial charge in [0.15, 0.2) is 0 Å². The molecule has 1 amide bonds. The molecule has 3 rings (SSSR count). The molecule has 1 aromatic heterocycles. The third kappa shape index (κ3) is 2.42. The van der Waals surface area contributed by atoms with Gasteiger partial charge in [0, 0.05) is 18.7 Å². The van der Waals surface area contributed by atoms with Crippen LogP contribution in [0.25, 0.3) is 0 Å².